The van der Waals surface area contributed by atoms with Gasteiger partial charge in [-0.1, -0.05) is 50.8 Å². The summed E-state index contributed by atoms with van der Waals surface area (Å²) < 4.78 is 41.5. The first-order chi connectivity index (χ1) is 18.8. The molecule has 1 aliphatic heterocycles. The number of hydrogen-bond donors (Lipinski definition) is 0. The van der Waals surface area contributed by atoms with Gasteiger partial charge in [0.05, 0.1) is 23.2 Å². The Kier molecular flexibility index (Phi) is 9.37. The van der Waals surface area contributed by atoms with Crippen LogP contribution in [0.15, 0.2) is 41.7 Å². The molecule has 2 aromatic heterocycles. The fraction of sp³-hybridized carbons (Fsp3) is 0.483. The van der Waals surface area contributed by atoms with Gasteiger partial charge in [0, 0.05) is 32.4 Å². The smallest absolute Gasteiger partial charge is 0.251 e. The summed E-state index contributed by atoms with van der Waals surface area (Å²) in [5.74, 6) is -0.453. The molecule has 39 heavy (non-hydrogen) atoms. The molecule has 0 N–H and O–H groups in total. The number of alkyl halides is 2. The van der Waals surface area contributed by atoms with Gasteiger partial charge in [-0.25, -0.2) is 23.3 Å². The molecule has 1 aliphatic rings. The first-order valence-electron chi connectivity index (χ1n) is 13.5. The van der Waals surface area contributed by atoms with E-state index in [0.717, 1.165) is 51.2 Å². The fourth-order valence-electron chi connectivity index (χ4n) is 4.41. The van der Waals surface area contributed by atoms with E-state index in [2.05, 4.69) is 30.5 Å². The molecule has 3 aromatic rings. The molecule has 0 bridgehead atoms. The molecule has 1 aromatic carbocycles. The van der Waals surface area contributed by atoms with Crippen molar-refractivity contribution in [1.29, 1.82) is 0 Å². The monoisotopic (exact) mass is 557 g/mol. The van der Waals surface area contributed by atoms with Gasteiger partial charge in [0.2, 0.25) is 4.96 Å². The van der Waals surface area contributed by atoms with Crippen LogP contribution in [0.25, 0.3) is 11.0 Å². The maximum atomic E-state index is 13.6. The lowest BCUT2D eigenvalue weighted by Crippen LogP contribution is -2.42. The molecule has 10 heteroatoms. The molecule has 210 valence electrons. The molecule has 0 unspecified atom stereocenters. The Labute approximate surface area is 232 Å². The van der Waals surface area contributed by atoms with E-state index in [0.29, 0.717) is 37.6 Å². The molecular weight excluding hydrogens is 520 g/mol. The summed E-state index contributed by atoms with van der Waals surface area (Å²) >= 11 is 1.58. The van der Waals surface area contributed by atoms with Gasteiger partial charge in [-0.2, -0.15) is 5.10 Å². The van der Waals surface area contributed by atoms with Crippen LogP contribution in [-0.2, 0) is 19.4 Å². The van der Waals surface area contributed by atoms with Crippen LogP contribution in [0.3, 0.4) is 0 Å². The topological polar surface area (TPSA) is 64.2 Å². The van der Waals surface area contributed by atoms with Crippen LogP contribution in [0.5, 0.6) is 11.5 Å². The normalized spacial score (nSPS) is 16.1. The predicted octanol–water partition coefficient (Wildman–Crippen LogP) is 6.96. The summed E-state index contributed by atoms with van der Waals surface area (Å²) in [6.45, 7) is 13.2. The first kappa shape index (κ1) is 28.7. The third-order valence-electron chi connectivity index (χ3n) is 6.75. The molecule has 7 nitrogen and oxygen atoms in total. The zero-order chi connectivity index (χ0) is 28.0. The summed E-state index contributed by atoms with van der Waals surface area (Å²) in [6.07, 6.45) is 7.58. The number of allylic oxidation sites excluding steroid dienone is 1. The Bertz CT molecular complexity index is 1320. The number of aromatic nitrogens is 3. The number of ether oxygens (including phenoxy) is 2. The van der Waals surface area contributed by atoms with Crippen LogP contribution >= 0.6 is 11.3 Å². The minimum absolute atomic E-state index is 0.143. The Morgan fingerprint density at radius 3 is 2.46 bits per heavy atom. The number of piperidine rings is 1. The second-order valence-corrected chi connectivity index (χ2v) is 10.5. The number of aliphatic imine (C=N–C) groups is 1. The number of amidine groups is 1. The Balaban J connectivity index is 1.48. The van der Waals surface area contributed by atoms with Crippen LogP contribution < -0.4 is 9.47 Å². The van der Waals surface area contributed by atoms with Crippen molar-refractivity contribution in [3.05, 3.63) is 58.5 Å². The molecule has 0 atom stereocenters. The molecule has 0 amide bonds. The number of nitrogens with zero attached hydrogens (tertiary/aromatic N) is 5. The van der Waals surface area contributed by atoms with Crippen LogP contribution in [0.4, 0.5) is 8.78 Å². The van der Waals surface area contributed by atoms with E-state index in [9.17, 15) is 8.78 Å². The second-order valence-electron chi connectivity index (χ2n) is 9.45. The number of hydrogen-bond acceptors (Lipinski definition) is 6. The van der Waals surface area contributed by atoms with Crippen molar-refractivity contribution in [2.24, 2.45) is 4.99 Å². The van der Waals surface area contributed by atoms with E-state index >= 15 is 0 Å². The van der Waals surface area contributed by atoms with Gasteiger partial charge in [-0.15, -0.1) is 0 Å². The lowest BCUT2D eigenvalue weighted by Gasteiger charge is -2.34. The molecule has 0 aliphatic carbocycles. The van der Waals surface area contributed by atoms with Crippen molar-refractivity contribution < 1.29 is 18.3 Å². The Morgan fingerprint density at radius 1 is 1.15 bits per heavy atom. The van der Waals surface area contributed by atoms with E-state index in [1.54, 1.807) is 21.9 Å². The highest BCUT2D eigenvalue weighted by molar-refractivity contribution is 7.16. The molecule has 4 rings (SSSR count). The van der Waals surface area contributed by atoms with Crippen molar-refractivity contribution in [2.45, 2.75) is 72.3 Å². The third kappa shape index (κ3) is 7.03. The molecule has 3 heterocycles. The maximum Gasteiger partial charge on any atom is 0.251 e. The van der Waals surface area contributed by atoms with Gasteiger partial charge in [-0.05, 0) is 37.5 Å². The molecule has 0 radical (unpaired) electrons. The van der Waals surface area contributed by atoms with E-state index in [1.807, 2.05) is 43.2 Å². The predicted molar refractivity (Wildman–Crippen MR) is 153 cm³/mol. The highest BCUT2D eigenvalue weighted by atomic mass is 32.1. The van der Waals surface area contributed by atoms with Crippen LogP contribution in [0.1, 0.15) is 68.8 Å². The fourth-order valence-corrected chi connectivity index (χ4v) is 5.25. The van der Waals surface area contributed by atoms with Crippen molar-refractivity contribution in [3.8, 4) is 11.5 Å². The zero-order valence-corrected chi connectivity index (χ0v) is 24.0. The van der Waals surface area contributed by atoms with Crippen molar-refractivity contribution in [1.82, 2.24) is 19.5 Å². The summed E-state index contributed by atoms with van der Waals surface area (Å²) in [4.78, 5) is 12.2. The Hall–Kier alpha value is -3.27. The van der Waals surface area contributed by atoms with Crippen LogP contribution in [0, 0.1) is 0 Å². The Morgan fingerprint density at radius 2 is 1.87 bits per heavy atom. The second kappa shape index (κ2) is 12.7. The van der Waals surface area contributed by atoms with E-state index in [-0.39, 0.29) is 19.4 Å². The van der Waals surface area contributed by atoms with Gasteiger partial charge in [0.1, 0.15) is 35.6 Å². The summed E-state index contributed by atoms with van der Waals surface area (Å²) in [7, 11) is 0. The van der Waals surface area contributed by atoms with E-state index in [1.165, 1.54) is 0 Å². The van der Waals surface area contributed by atoms with E-state index < -0.39 is 5.92 Å². The molecule has 1 saturated heterocycles. The van der Waals surface area contributed by atoms with Gasteiger partial charge in [-0.3, -0.25) is 0 Å². The number of imidazole rings is 1. The zero-order valence-electron chi connectivity index (χ0n) is 23.2. The van der Waals surface area contributed by atoms with Crippen molar-refractivity contribution in [2.75, 3.05) is 19.7 Å². The largest absolute Gasteiger partial charge is 0.487 e. The highest BCUT2D eigenvalue weighted by Gasteiger charge is 2.34. The summed E-state index contributed by atoms with van der Waals surface area (Å²) in [5.41, 5.74) is 3.36. The summed E-state index contributed by atoms with van der Waals surface area (Å²) in [6, 6.07) is 4.00. The molecule has 0 spiro atoms. The van der Waals surface area contributed by atoms with E-state index in [4.69, 9.17) is 14.5 Å². The number of benzene rings is 1. The van der Waals surface area contributed by atoms with Crippen molar-refractivity contribution >= 4 is 28.2 Å². The minimum Gasteiger partial charge on any atom is -0.487 e. The highest BCUT2D eigenvalue weighted by Crippen LogP contribution is 2.33. The van der Waals surface area contributed by atoms with Gasteiger partial charge in [0.25, 0.3) is 5.92 Å². The van der Waals surface area contributed by atoms with Gasteiger partial charge >= 0.3 is 0 Å². The van der Waals surface area contributed by atoms with Crippen LogP contribution in [0.2, 0.25) is 0 Å². The van der Waals surface area contributed by atoms with Crippen LogP contribution in [-0.4, -0.2) is 51.0 Å². The van der Waals surface area contributed by atoms with Gasteiger partial charge < -0.3 is 14.4 Å². The van der Waals surface area contributed by atoms with Gasteiger partial charge in [0.15, 0.2) is 0 Å². The number of fused-ring (bicyclic) bond motifs is 1. The average molecular weight is 558 g/mol. The lowest BCUT2D eigenvalue weighted by molar-refractivity contribution is -0.0437. The molecule has 0 saturated carbocycles. The molecular formula is C29H37F2N5O2S. The standard InChI is InChI=1S/C29H37F2N5O2S/c1-6-20-15-24(37-18-21(7-2)32-26(9-4)35-13-11-29(30,31)12-14-35)23(8-3)25(16-20)38-19-22-17-36-28(33-22)39-27(10-5)34-36/h7-8,15-17H,3,6,9-14,18-19H2,1-2,4-5H3/b21-7-,32-26?. The average Bonchev–Trinajstić information content (AvgIpc) is 3.50. The number of likely N-dealkylation sites (tertiary alicyclic amines) is 1. The third-order valence-corrected chi connectivity index (χ3v) is 7.81. The molecule has 1 fully saturated rings. The SMILES string of the molecule is C=Cc1c(OC/C(=C/C)N=C(CC)N2CCC(F)(F)CC2)cc(CC)cc1OCc1cn2nc(CC)sc2n1. The number of aryl methyl sites for hydroxylation is 2. The number of halogens is 2. The van der Waals surface area contributed by atoms with Crippen molar-refractivity contribution in [3.63, 3.8) is 0 Å². The quantitative estimate of drug-likeness (QED) is 0.188. The first-order valence-corrected chi connectivity index (χ1v) is 14.3. The number of rotatable bonds is 11. The lowest BCUT2D eigenvalue weighted by atomic mass is 10.1. The summed E-state index contributed by atoms with van der Waals surface area (Å²) in [5, 5.41) is 5.57. The minimum atomic E-state index is -2.59. The maximum absolute atomic E-state index is 13.6.